The van der Waals surface area contributed by atoms with Gasteiger partial charge in [-0.25, -0.2) is 0 Å². The van der Waals surface area contributed by atoms with Crippen molar-refractivity contribution in [3.63, 3.8) is 0 Å². The van der Waals surface area contributed by atoms with Gasteiger partial charge in [0.15, 0.2) is 0 Å². The maximum atomic E-state index is 11.6. The summed E-state index contributed by atoms with van der Waals surface area (Å²) >= 11 is 0. The van der Waals surface area contributed by atoms with E-state index in [2.05, 4.69) is 13.8 Å². The van der Waals surface area contributed by atoms with Gasteiger partial charge in [0.05, 0.1) is 0 Å². The standard InChI is InChI=1S/C26H42O2/c1-3-5-7-9-11-13-15-17-23-19-26(22-28)24(20-25(23)21-27)18-16-14-12-10-8-6-4-2/h19-22H,3-18H2,1-2H3. The Kier molecular flexibility index (Phi) is 14.5. The molecular formula is C26H42O2. The third kappa shape index (κ3) is 10.2. The van der Waals surface area contributed by atoms with Gasteiger partial charge in [0, 0.05) is 11.1 Å². The molecule has 0 aliphatic rings. The fourth-order valence-corrected chi connectivity index (χ4v) is 3.93. The van der Waals surface area contributed by atoms with Crippen molar-refractivity contribution in [1.29, 1.82) is 0 Å². The minimum absolute atomic E-state index is 0.787. The quantitative estimate of drug-likeness (QED) is 0.190. The predicted octanol–water partition coefficient (Wildman–Crippen LogP) is 7.90. The van der Waals surface area contributed by atoms with Gasteiger partial charge in [0.2, 0.25) is 0 Å². The van der Waals surface area contributed by atoms with Gasteiger partial charge in [-0.1, -0.05) is 90.9 Å². The van der Waals surface area contributed by atoms with Gasteiger partial charge in [0.25, 0.3) is 0 Å². The van der Waals surface area contributed by atoms with Crippen LogP contribution < -0.4 is 0 Å². The first-order valence-electron chi connectivity index (χ1n) is 11.8. The van der Waals surface area contributed by atoms with Gasteiger partial charge in [0.1, 0.15) is 12.6 Å². The first kappa shape index (κ1) is 24.6. The molecule has 0 bridgehead atoms. The lowest BCUT2D eigenvalue weighted by atomic mass is 9.93. The van der Waals surface area contributed by atoms with Crippen molar-refractivity contribution in [1.82, 2.24) is 0 Å². The second kappa shape index (κ2) is 16.5. The largest absolute Gasteiger partial charge is 0.298 e. The molecule has 0 spiro atoms. The Morgan fingerprint density at radius 1 is 0.536 bits per heavy atom. The van der Waals surface area contributed by atoms with E-state index in [-0.39, 0.29) is 0 Å². The van der Waals surface area contributed by atoms with Crippen LogP contribution in [0, 0.1) is 0 Å². The number of rotatable bonds is 18. The maximum absolute atomic E-state index is 11.6. The Bertz CT molecular complexity index is 498. The van der Waals surface area contributed by atoms with Crippen LogP contribution in [0.15, 0.2) is 12.1 Å². The highest BCUT2D eigenvalue weighted by molar-refractivity contribution is 5.83. The van der Waals surface area contributed by atoms with E-state index in [9.17, 15) is 9.59 Å². The number of unbranched alkanes of at least 4 members (excludes halogenated alkanes) is 12. The molecule has 1 rings (SSSR count). The van der Waals surface area contributed by atoms with E-state index in [1.807, 2.05) is 12.1 Å². The third-order valence-electron chi connectivity index (χ3n) is 5.75. The second-order valence-electron chi connectivity index (χ2n) is 8.23. The summed E-state index contributed by atoms with van der Waals surface area (Å²) < 4.78 is 0. The van der Waals surface area contributed by atoms with Crippen LogP contribution in [0.1, 0.15) is 136 Å². The number of aryl methyl sites for hydroxylation is 2. The van der Waals surface area contributed by atoms with Crippen LogP contribution >= 0.6 is 0 Å². The third-order valence-corrected chi connectivity index (χ3v) is 5.75. The molecule has 0 fully saturated rings. The summed E-state index contributed by atoms with van der Waals surface area (Å²) in [6.45, 7) is 4.48. The molecule has 0 heterocycles. The van der Waals surface area contributed by atoms with Gasteiger partial charge < -0.3 is 0 Å². The Morgan fingerprint density at radius 3 is 1.18 bits per heavy atom. The van der Waals surface area contributed by atoms with Crippen molar-refractivity contribution in [3.8, 4) is 0 Å². The van der Waals surface area contributed by atoms with Gasteiger partial charge in [-0.15, -0.1) is 0 Å². The van der Waals surface area contributed by atoms with Crippen LogP contribution in [0.4, 0.5) is 0 Å². The van der Waals surface area contributed by atoms with E-state index in [0.717, 1.165) is 60.5 Å². The summed E-state index contributed by atoms with van der Waals surface area (Å²) in [7, 11) is 0. The van der Waals surface area contributed by atoms with E-state index in [1.165, 1.54) is 77.0 Å². The van der Waals surface area contributed by atoms with Crippen LogP contribution in [-0.2, 0) is 12.8 Å². The summed E-state index contributed by atoms with van der Waals surface area (Å²) in [5.41, 5.74) is 3.67. The minimum atomic E-state index is 0.787. The number of carbonyl (C=O) groups excluding carboxylic acids is 2. The molecule has 0 aromatic heterocycles. The summed E-state index contributed by atoms with van der Waals surface area (Å²) in [6, 6.07) is 3.95. The highest BCUT2D eigenvalue weighted by atomic mass is 16.1. The molecule has 0 N–H and O–H groups in total. The van der Waals surface area contributed by atoms with Crippen molar-refractivity contribution in [2.45, 2.75) is 117 Å². The highest BCUT2D eigenvalue weighted by Gasteiger charge is 2.09. The van der Waals surface area contributed by atoms with Crippen molar-refractivity contribution in [2.75, 3.05) is 0 Å². The molecule has 2 heteroatoms. The highest BCUT2D eigenvalue weighted by Crippen LogP contribution is 2.20. The smallest absolute Gasteiger partial charge is 0.150 e. The minimum Gasteiger partial charge on any atom is -0.298 e. The fourth-order valence-electron chi connectivity index (χ4n) is 3.93. The Balaban J connectivity index is 2.48. The maximum Gasteiger partial charge on any atom is 0.150 e. The molecule has 1 aromatic carbocycles. The Morgan fingerprint density at radius 2 is 0.857 bits per heavy atom. The molecule has 0 aliphatic heterocycles. The van der Waals surface area contributed by atoms with E-state index in [4.69, 9.17) is 0 Å². The average molecular weight is 387 g/mol. The lowest BCUT2D eigenvalue weighted by Crippen LogP contribution is -2.01. The van der Waals surface area contributed by atoms with Crippen LogP contribution in [-0.4, -0.2) is 12.6 Å². The van der Waals surface area contributed by atoms with E-state index >= 15 is 0 Å². The van der Waals surface area contributed by atoms with E-state index in [0.29, 0.717) is 0 Å². The Labute approximate surface area is 173 Å². The zero-order chi connectivity index (χ0) is 20.5. The first-order valence-corrected chi connectivity index (χ1v) is 11.8. The molecule has 2 nitrogen and oxygen atoms in total. The summed E-state index contributed by atoms with van der Waals surface area (Å²) in [4.78, 5) is 23.1. The van der Waals surface area contributed by atoms with E-state index < -0.39 is 0 Å². The molecule has 0 atom stereocenters. The molecule has 0 unspecified atom stereocenters. The zero-order valence-electron chi connectivity index (χ0n) is 18.4. The topological polar surface area (TPSA) is 34.1 Å². The second-order valence-corrected chi connectivity index (χ2v) is 8.23. The number of hydrogen-bond acceptors (Lipinski definition) is 2. The molecule has 0 amide bonds. The Hall–Kier alpha value is -1.44. The van der Waals surface area contributed by atoms with Crippen molar-refractivity contribution >= 4 is 12.6 Å². The fraction of sp³-hybridized carbons (Fsp3) is 0.692. The van der Waals surface area contributed by atoms with Gasteiger partial charge in [-0.2, -0.15) is 0 Å². The molecule has 0 aliphatic carbocycles. The number of aldehydes is 2. The number of hydrogen-bond donors (Lipinski definition) is 0. The van der Waals surface area contributed by atoms with Gasteiger partial charge in [-0.3, -0.25) is 9.59 Å². The predicted molar refractivity (Wildman–Crippen MR) is 121 cm³/mol. The number of carbonyl (C=O) groups is 2. The molecule has 0 saturated heterocycles. The van der Waals surface area contributed by atoms with Crippen molar-refractivity contribution in [2.24, 2.45) is 0 Å². The summed E-state index contributed by atoms with van der Waals surface area (Å²) in [5, 5.41) is 0. The SMILES string of the molecule is CCCCCCCCCc1cc(C=O)c(CCCCCCCCC)cc1C=O. The summed E-state index contributed by atoms with van der Waals surface area (Å²) in [6.07, 6.45) is 21.4. The lowest BCUT2D eigenvalue weighted by Gasteiger charge is -2.11. The van der Waals surface area contributed by atoms with Crippen molar-refractivity contribution < 1.29 is 9.59 Å². The average Bonchev–Trinajstić information content (AvgIpc) is 2.72. The zero-order valence-corrected chi connectivity index (χ0v) is 18.4. The van der Waals surface area contributed by atoms with Crippen LogP contribution in [0.2, 0.25) is 0 Å². The number of benzene rings is 1. The molecule has 28 heavy (non-hydrogen) atoms. The monoisotopic (exact) mass is 386 g/mol. The van der Waals surface area contributed by atoms with Crippen LogP contribution in [0.3, 0.4) is 0 Å². The molecule has 0 saturated carbocycles. The van der Waals surface area contributed by atoms with E-state index in [1.54, 1.807) is 0 Å². The van der Waals surface area contributed by atoms with Gasteiger partial charge in [-0.05, 0) is 48.9 Å². The normalized spacial score (nSPS) is 10.9. The van der Waals surface area contributed by atoms with Crippen molar-refractivity contribution in [3.05, 3.63) is 34.4 Å². The van der Waals surface area contributed by atoms with Crippen LogP contribution in [0.25, 0.3) is 0 Å². The lowest BCUT2D eigenvalue weighted by molar-refractivity contribution is 0.111. The molecule has 1 aromatic rings. The first-order chi connectivity index (χ1) is 13.8. The molecule has 158 valence electrons. The van der Waals surface area contributed by atoms with Gasteiger partial charge >= 0.3 is 0 Å². The summed E-state index contributed by atoms with van der Waals surface area (Å²) in [5.74, 6) is 0. The molecular weight excluding hydrogens is 344 g/mol. The molecule has 0 radical (unpaired) electrons. The van der Waals surface area contributed by atoms with Crippen LogP contribution in [0.5, 0.6) is 0 Å².